The molecule has 0 N–H and O–H groups in total. The molecule has 110 valence electrons. The van der Waals surface area contributed by atoms with Crippen molar-refractivity contribution in [2.45, 2.75) is 37.3 Å². The van der Waals surface area contributed by atoms with E-state index >= 15 is 0 Å². The van der Waals surface area contributed by atoms with E-state index in [1.54, 1.807) is 14.2 Å². The summed E-state index contributed by atoms with van der Waals surface area (Å²) in [7, 11) is 3.33. The molecule has 5 nitrogen and oxygen atoms in total. The summed E-state index contributed by atoms with van der Waals surface area (Å²) in [4.78, 5) is 0. The minimum Gasteiger partial charge on any atom is -0.376 e. The van der Waals surface area contributed by atoms with Crippen molar-refractivity contribution in [3.8, 4) is 0 Å². The number of benzene rings is 1. The normalized spacial score (nSPS) is 36.2. The number of rotatable bonds is 5. The van der Waals surface area contributed by atoms with Crippen LogP contribution in [0, 0.1) is 0 Å². The van der Waals surface area contributed by atoms with Gasteiger partial charge < -0.3 is 23.7 Å². The fourth-order valence-corrected chi connectivity index (χ4v) is 2.83. The molecule has 0 radical (unpaired) electrons. The van der Waals surface area contributed by atoms with Gasteiger partial charge in [0, 0.05) is 14.2 Å². The molecule has 20 heavy (non-hydrogen) atoms. The highest BCUT2D eigenvalue weighted by molar-refractivity contribution is 5.13. The molecule has 0 aliphatic carbocycles. The van der Waals surface area contributed by atoms with Gasteiger partial charge in [0.2, 0.25) is 0 Å². The minimum atomic E-state index is -0.375. The van der Waals surface area contributed by atoms with E-state index in [1.165, 1.54) is 0 Å². The molecule has 0 aromatic heterocycles. The smallest absolute Gasteiger partial charge is 0.187 e. The molecule has 2 saturated heterocycles. The van der Waals surface area contributed by atoms with Crippen LogP contribution in [0.1, 0.15) is 5.56 Å². The van der Waals surface area contributed by atoms with Crippen molar-refractivity contribution in [3.05, 3.63) is 35.9 Å². The summed E-state index contributed by atoms with van der Waals surface area (Å²) in [6, 6.07) is 10.0. The van der Waals surface area contributed by atoms with Gasteiger partial charge in [-0.1, -0.05) is 30.3 Å². The molecule has 0 saturated carbocycles. The maximum absolute atomic E-state index is 5.98. The van der Waals surface area contributed by atoms with Crippen LogP contribution in [0.4, 0.5) is 0 Å². The highest BCUT2D eigenvalue weighted by atomic mass is 16.8. The van der Waals surface area contributed by atoms with Gasteiger partial charge >= 0.3 is 0 Å². The lowest BCUT2D eigenvalue weighted by molar-refractivity contribution is -0.255. The molecule has 1 aromatic rings. The Morgan fingerprint density at radius 1 is 1.05 bits per heavy atom. The average molecular weight is 280 g/mol. The van der Waals surface area contributed by atoms with Gasteiger partial charge in [-0.3, -0.25) is 0 Å². The molecule has 0 amide bonds. The third kappa shape index (κ3) is 2.60. The number of methoxy groups -OCH3 is 2. The predicted octanol–water partition coefficient (Wildman–Crippen LogP) is 1.36. The summed E-state index contributed by atoms with van der Waals surface area (Å²) >= 11 is 0. The largest absolute Gasteiger partial charge is 0.376 e. The monoisotopic (exact) mass is 280 g/mol. The second kappa shape index (κ2) is 6.20. The van der Waals surface area contributed by atoms with Gasteiger partial charge in [-0.25, -0.2) is 0 Å². The molecular weight excluding hydrogens is 260 g/mol. The standard InChI is InChI=1S/C15H20O5/c1-16-12-11-9-19-15(20-11)14(13(12)17-2)18-8-10-6-4-3-5-7-10/h3-7,11-15H,8-9H2,1-2H3/t11-,12-,13+,14-,15-/m1/s1. The first-order valence-corrected chi connectivity index (χ1v) is 6.81. The van der Waals surface area contributed by atoms with Crippen LogP contribution in [-0.2, 0) is 30.3 Å². The van der Waals surface area contributed by atoms with Gasteiger partial charge in [-0.05, 0) is 5.56 Å². The van der Waals surface area contributed by atoms with Crippen molar-refractivity contribution in [2.24, 2.45) is 0 Å². The predicted molar refractivity (Wildman–Crippen MR) is 71.2 cm³/mol. The lowest BCUT2D eigenvalue weighted by Gasteiger charge is -2.39. The third-order valence-corrected chi connectivity index (χ3v) is 3.85. The van der Waals surface area contributed by atoms with Gasteiger partial charge in [0.05, 0.1) is 13.2 Å². The summed E-state index contributed by atoms with van der Waals surface area (Å²) in [5.41, 5.74) is 1.11. The zero-order valence-electron chi connectivity index (χ0n) is 11.7. The SMILES string of the molecule is CO[C@@H]1[C@@H](OCc2ccccc2)[C@@H]2OC[C@@H](O2)[C@H]1OC. The fraction of sp³-hybridized carbons (Fsp3) is 0.600. The summed E-state index contributed by atoms with van der Waals surface area (Å²) in [6.45, 7) is 1.02. The van der Waals surface area contributed by atoms with Crippen LogP contribution in [0.5, 0.6) is 0 Å². The highest BCUT2D eigenvalue weighted by Crippen LogP contribution is 2.33. The van der Waals surface area contributed by atoms with Crippen LogP contribution in [0.2, 0.25) is 0 Å². The van der Waals surface area contributed by atoms with E-state index in [-0.39, 0.29) is 30.7 Å². The van der Waals surface area contributed by atoms with Crippen LogP contribution in [-0.4, -0.2) is 51.5 Å². The van der Waals surface area contributed by atoms with Gasteiger partial charge in [0.15, 0.2) is 6.29 Å². The average Bonchev–Trinajstić information content (AvgIpc) is 2.92. The molecule has 2 aliphatic heterocycles. The van der Waals surface area contributed by atoms with Crippen LogP contribution in [0.25, 0.3) is 0 Å². The Morgan fingerprint density at radius 2 is 1.80 bits per heavy atom. The quantitative estimate of drug-likeness (QED) is 0.815. The van der Waals surface area contributed by atoms with E-state index in [2.05, 4.69) is 0 Å². The second-order valence-electron chi connectivity index (χ2n) is 5.04. The molecule has 2 heterocycles. The third-order valence-electron chi connectivity index (χ3n) is 3.85. The van der Waals surface area contributed by atoms with Crippen molar-refractivity contribution in [1.82, 2.24) is 0 Å². The molecule has 0 unspecified atom stereocenters. The number of ether oxygens (including phenoxy) is 5. The first-order valence-electron chi connectivity index (χ1n) is 6.81. The van der Waals surface area contributed by atoms with E-state index in [1.807, 2.05) is 30.3 Å². The molecule has 2 bridgehead atoms. The Balaban J connectivity index is 1.69. The molecule has 0 spiro atoms. The molecule has 5 heteroatoms. The Morgan fingerprint density at radius 3 is 2.50 bits per heavy atom. The maximum atomic E-state index is 5.98. The zero-order valence-corrected chi connectivity index (χ0v) is 11.7. The highest BCUT2D eigenvalue weighted by Gasteiger charge is 2.52. The first-order chi connectivity index (χ1) is 9.83. The fourth-order valence-electron chi connectivity index (χ4n) is 2.83. The molecule has 2 fully saturated rings. The lowest BCUT2D eigenvalue weighted by atomic mass is 10.0. The summed E-state index contributed by atoms with van der Waals surface area (Å²) in [6.07, 6.45) is -1.09. The van der Waals surface area contributed by atoms with Crippen LogP contribution < -0.4 is 0 Å². The van der Waals surface area contributed by atoms with Gasteiger partial charge in [0.25, 0.3) is 0 Å². The number of hydrogen-bond donors (Lipinski definition) is 0. The van der Waals surface area contributed by atoms with Crippen LogP contribution in [0.3, 0.4) is 0 Å². The Labute approximate surface area is 118 Å². The van der Waals surface area contributed by atoms with E-state index < -0.39 is 0 Å². The summed E-state index contributed by atoms with van der Waals surface area (Å²) in [5, 5.41) is 0. The Kier molecular flexibility index (Phi) is 4.33. The summed E-state index contributed by atoms with van der Waals surface area (Å²) < 4.78 is 28.5. The van der Waals surface area contributed by atoms with Crippen molar-refractivity contribution < 1.29 is 23.7 Å². The molecule has 2 aliphatic rings. The Bertz CT molecular complexity index is 424. The van der Waals surface area contributed by atoms with Crippen molar-refractivity contribution >= 4 is 0 Å². The zero-order chi connectivity index (χ0) is 13.9. The Hall–Kier alpha value is -0.980. The molecule has 5 atom stereocenters. The van der Waals surface area contributed by atoms with Crippen LogP contribution >= 0.6 is 0 Å². The number of fused-ring (bicyclic) bond motifs is 2. The van der Waals surface area contributed by atoms with Gasteiger partial charge in [0.1, 0.15) is 24.4 Å². The van der Waals surface area contributed by atoms with E-state index in [4.69, 9.17) is 23.7 Å². The maximum Gasteiger partial charge on any atom is 0.187 e. The topological polar surface area (TPSA) is 46.2 Å². The lowest BCUT2D eigenvalue weighted by Crippen LogP contribution is -2.56. The minimum absolute atomic E-state index is 0.0773. The van der Waals surface area contributed by atoms with Crippen molar-refractivity contribution in [1.29, 1.82) is 0 Å². The van der Waals surface area contributed by atoms with Crippen LogP contribution in [0.15, 0.2) is 30.3 Å². The summed E-state index contributed by atoms with van der Waals surface area (Å²) in [5.74, 6) is 0. The van der Waals surface area contributed by atoms with E-state index in [0.29, 0.717) is 13.2 Å². The number of hydrogen-bond acceptors (Lipinski definition) is 5. The van der Waals surface area contributed by atoms with E-state index in [9.17, 15) is 0 Å². The molecule has 3 rings (SSSR count). The van der Waals surface area contributed by atoms with Crippen molar-refractivity contribution in [3.63, 3.8) is 0 Å². The van der Waals surface area contributed by atoms with Gasteiger partial charge in [-0.15, -0.1) is 0 Å². The molecular formula is C15H20O5. The van der Waals surface area contributed by atoms with Gasteiger partial charge in [-0.2, -0.15) is 0 Å². The molecule has 1 aromatic carbocycles. The van der Waals surface area contributed by atoms with E-state index in [0.717, 1.165) is 5.56 Å². The second-order valence-corrected chi connectivity index (χ2v) is 5.04. The first kappa shape index (κ1) is 14.0. The van der Waals surface area contributed by atoms with Crippen molar-refractivity contribution in [2.75, 3.05) is 20.8 Å².